The van der Waals surface area contributed by atoms with E-state index >= 15 is 0 Å². The van der Waals surface area contributed by atoms with Crippen molar-refractivity contribution in [1.82, 2.24) is 35.1 Å². The first-order valence-corrected chi connectivity index (χ1v) is 21.3. The van der Waals surface area contributed by atoms with Crippen molar-refractivity contribution in [3.05, 3.63) is 0 Å². The smallest absolute Gasteiger partial charge is 0.325 e. The lowest BCUT2D eigenvalue weighted by atomic mass is 9.69. The van der Waals surface area contributed by atoms with E-state index in [1.165, 1.54) is 44.9 Å². The Morgan fingerprint density at radius 2 is 0.873 bits per heavy atom. The third-order valence-electron chi connectivity index (χ3n) is 13.6. The quantitative estimate of drug-likeness (QED) is 0.104. The standard InChI is InChI=1S/C42H77N7O6/c1-12-13-14-15-16-17-18-19-20-21-22-47(23-31(50)25-48-33(52)41(43-35(48)54)27-37(2,3)45(10)38(4,5)28-41)24-32(51)26-49-34(53)42(44-36(49)55)29-39(6,7)46(11)40(8,9)30-42/h31-32,50-51H,12-30H2,1-11H3,(H,43,54)(H,44,55). The summed E-state index contributed by atoms with van der Waals surface area (Å²) < 4.78 is 0. The molecule has 4 fully saturated rings. The SMILES string of the molecule is CCCCCCCCCCCCN(CC(O)CN1C(=O)NC2(CC(C)(C)N(C)C(C)(C)C2)C1=O)CC(O)CN1C(=O)NC2(CC(C)(C)N(C)C(C)(C)C2)C1=O. The zero-order valence-corrected chi connectivity index (χ0v) is 36.4. The van der Waals surface area contributed by atoms with Crippen LogP contribution in [0.15, 0.2) is 0 Å². The molecule has 6 amide bonds. The van der Waals surface area contributed by atoms with Crippen molar-refractivity contribution in [3.8, 4) is 0 Å². The Bertz CT molecular complexity index is 1260. The Hall–Kier alpha value is -2.32. The van der Waals surface area contributed by atoms with Crippen LogP contribution in [-0.2, 0) is 9.59 Å². The van der Waals surface area contributed by atoms with Crippen LogP contribution < -0.4 is 10.6 Å². The molecule has 316 valence electrons. The molecule has 4 saturated heterocycles. The van der Waals surface area contributed by atoms with Crippen LogP contribution in [0, 0.1) is 0 Å². The number of nitrogens with one attached hydrogen (secondary N) is 2. The highest BCUT2D eigenvalue weighted by Crippen LogP contribution is 2.46. The average molecular weight is 776 g/mol. The molecule has 2 atom stereocenters. The van der Waals surface area contributed by atoms with E-state index in [9.17, 15) is 29.4 Å². The second-order valence-corrected chi connectivity index (χ2v) is 20.2. The van der Waals surface area contributed by atoms with E-state index in [0.29, 0.717) is 32.2 Å². The lowest BCUT2D eigenvalue weighted by Gasteiger charge is -2.56. The predicted octanol–water partition coefficient (Wildman–Crippen LogP) is 5.08. The van der Waals surface area contributed by atoms with E-state index in [4.69, 9.17) is 0 Å². The first-order valence-electron chi connectivity index (χ1n) is 21.3. The molecular weight excluding hydrogens is 699 g/mol. The minimum Gasteiger partial charge on any atom is -0.390 e. The number of nitrogens with zero attached hydrogens (tertiary/aromatic N) is 5. The highest BCUT2D eigenvalue weighted by atomic mass is 16.3. The van der Waals surface area contributed by atoms with Gasteiger partial charge in [-0.15, -0.1) is 0 Å². The van der Waals surface area contributed by atoms with Crippen LogP contribution in [0.1, 0.15) is 152 Å². The number of imide groups is 2. The summed E-state index contributed by atoms with van der Waals surface area (Å²) in [6, 6.07) is -0.983. The number of piperidine rings is 2. The van der Waals surface area contributed by atoms with Gasteiger partial charge in [-0.1, -0.05) is 64.7 Å². The molecule has 13 nitrogen and oxygen atoms in total. The molecule has 0 aromatic heterocycles. The maximum atomic E-state index is 14.0. The topological polar surface area (TPSA) is 149 Å². The van der Waals surface area contributed by atoms with Crippen LogP contribution in [0.3, 0.4) is 0 Å². The fourth-order valence-electron chi connectivity index (χ4n) is 10.6. The summed E-state index contributed by atoms with van der Waals surface area (Å²) in [4.78, 5) is 63.5. The monoisotopic (exact) mass is 776 g/mol. The molecular formula is C42H77N7O6. The van der Waals surface area contributed by atoms with Gasteiger partial charge in [-0.2, -0.15) is 0 Å². The van der Waals surface area contributed by atoms with E-state index in [-0.39, 0.29) is 60.1 Å². The second-order valence-electron chi connectivity index (χ2n) is 20.2. The number of urea groups is 2. The molecule has 2 spiro atoms. The van der Waals surface area contributed by atoms with Crippen LogP contribution in [0.2, 0.25) is 0 Å². The predicted molar refractivity (Wildman–Crippen MR) is 217 cm³/mol. The molecule has 4 N–H and O–H groups in total. The number of unbranched alkanes of at least 4 members (excludes halogenated alkanes) is 9. The minimum absolute atomic E-state index is 0.122. The van der Waals surface area contributed by atoms with E-state index < -0.39 is 35.3 Å². The van der Waals surface area contributed by atoms with Crippen molar-refractivity contribution in [3.63, 3.8) is 0 Å². The van der Waals surface area contributed by atoms with Gasteiger partial charge in [0.15, 0.2) is 0 Å². The minimum atomic E-state index is -1.06. The van der Waals surface area contributed by atoms with E-state index in [1.807, 2.05) is 19.0 Å². The Labute approximate surface area is 332 Å². The van der Waals surface area contributed by atoms with Crippen LogP contribution in [-0.4, -0.2) is 151 Å². The Morgan fingerprint density at radius 3 is 1.20 bits per heavy atom. The number of carbonyl (C=O) groups is 4. The second kappa shape index (κ2) is 17.3. The zero-order chi connectivity index (χ0) is 41.2. The molecule has 4 heterocycles. The highest BCUT2D eigenvalue weighted by molar-refractivity contribution is 6.08. The summed E-state index contributed by atoms with van der Waals surface area (Å²) in [5.74, 6) is -0.611. The van der Waals surface area contributed by atoms with Crippen molar-refractivity contribution in [2.45, 2.75) is 198 Å². The van der Waals surface area contributed by atoms with Crippen molar-refractivity contribution < 1.29 is 29.4 Å². The molecule has 0 radical (unpaired) electrons. The highest BCUT2D eigenvalue weighted by Gasteiger charge is 2.62. The van der Waals surface area contributed by atoms with Gasteiger partial charge in [0.2, 0.25) is 0 Å². The number of β-amino-alcohol motifs (C(OH)–C–C–N with tert-alkyl or cyclic N) is 2. The Balaban J connectivity index is 1.40. The maximum absolute atomic E-state index is 14.0. The molecule has 4 aliphatic rings. The first kappa shape index (κ1) is 45.4. The lowest BCUT2D eigenvalue weighted by molar-refractivity contribution is -0.140. The molecule has 4 rings (SSSR count). The molecule has 0 saturated carbocycles. The third kappa shape index (κ3) is 10.2. The van der Waals surface area contributed by atoms with Gasteiger partial charge in [-0.25, -0.2) is 9.59 Å². The number of carbonyl (C=O) groups excluding carboxylic acids is 4. The van der Waals surface area contributed by atoms with Crippen molar-refractivity contribution >= 4 is 23.9 Å². The molecule has 13 heteroatoms. The third-order valence-corrected chi connectivity index (χ3v) is 13.6. The van der Waals surface area contributed by atoms with Gasteiger partial charge >= 0.3 is 12.1 Å². The number of rotatable bonds is 19. The number of hydrogen-bond acceptors (Lipinski definition) is 9. The van der Waals surface area contributed by atoms with Crippen LogP contribution >= 0.6 is 0 Å². The van der Waals surface area contributed by atoms with Gasteiger partial charge in [0, 0.05) is 35.2 Å². The summed E-state index contributed by atoms with van der Waals surface area (Å²) >= 11 is 0. The number of amides is 6. The molecule has 2 unspecified atom stereocenters. The van der Waals surface area contributed by atoms with Gasteiger partial charge in [-0.05, 0) is 108 Å². The van der Waals surface area contributed by atoms with Gasteiger partial charge in [-0.3, -0.25) is 34.1 Å². The van der Waals surface area contributed by atoms with Crippen LogP contribution in [0.4, 0.5) is 9.59 Å². The lowest BCUT2D eigenvalue weighted by Crippen LogP contribution is -2.68. The van der Waals surface area contributed by atoms with Gasteiger partial charge in [0.1, 0.15) is 11.1 Å². The zero-order valence-electron chi connectivity index (χ0n) is 36.4. The largest absolute Gasteiger partial charge is 0.390 e. The van der Waals surface area contributed by atoms with Gasteiger partial charge < -0.3 is 20.8 Å². The molecule has 4 aliphatic heterocycles. The normalized spacial score (nSPS) is 25.3. The summed E-state index contributed by atoms with van der Waals surface area (Å²) in [5.41, 5.74) is -3.44. The van der Waals surface area contributed by atoms with E-state index in [1.54, 1.807) is 0 Å². The molecule has 0 aromatic rings. The molecule has 0 aromatic carbocycles. The Morgan fingerprint density at radius 1 is 0.564 bits per heavy atom. The molecule has 55 heavy (non-hydrogen) atoms. The first-order chi connectivity index (χ1) is 25.4. The number of likely N-dealkylation sites (tertiary alicyclic amines) is 2. The van der Waals surface area contributed by atoms with E-state index in [0.717, 1.165) is 29.1 Å². The van der Waals surface area contributed by atoms with Crippen molar-refractivity contribution in [1.29, 1.82) is 0 Å². The Kier molecular flexibility index (Phi) is 14.2. The molecule has 0 bridgehead atoms. The summed E-state index contributed by atoms with van der Waals surface area (Å²) in [6.07, 6.45) is 11.5. The average Bonchev–Trinajstić information content (AvgIpc) is 3.40. The van der Waals surface area contributed by atoms with Gasteiger partial charge in [0.05, 0.1) is 25.3 Å². The van der Waals surface area contributed by atoms with Crippen LogP contribution in [0.5, 0.6) is 0 Å². The molecule has 0 aliphatic carbocycles. The number of hydrogen-bond donors (Lipinski definition) is 4. The number of aliphatic hydroxyl groups excluding tert-OH is 2. The van der Waals surface area contributed by atoms with Crippen LogP contribution in [0.25, 0.3) is 0 Å². The number of aliphatic hydroxyl groups is 2. The summed E-state index contributed by atoms with van der Waals surface area (Å²) in [7, 11) is 4.10. The van der Waals surface area contributed by atoms with Gasteiger partial charge in [0.25, 0.3) is 11.8 Å². The van der Waals surface area contributed by atoms with E-state index in [2.05, 4.69) is 82.7 Å². The fraction of sp³-hybridized carbons (Fsp3) is 0.905. The van der Waals surface area contributed by atoms with Crippen molar-refractivity contribution in [2.75, 3.05) is 46.8 Å². The fourth-order valence-corrected chi connectivity index (χ4v) is 10.6. The summed E-state index contributed by atoms with van der Waals surface area (Å²) in [6.45, 7) is 19.4. The van der Waals surface area contributed by atoms with Crippen molar-refractivity contribution in [2.24, 2.45) is 0 Å². The summed E-state index contributed by atoms with van der Waals surface area (Å²) in [5, 5.41) is 28.9. The maximum Gasteiger partial charge on any atom is 0.325 e.